The molecule has 2 aliphatic rings. The number of ether oxygens (including phenoxy) is 1. The van der Waals surface area contributed by atoms with E-state index in [-0.39, 0.29) is 29.5 Å². The molecule has 2 amide bonds. The highest BCUT2D eigenvalue weighted by Gasteiger charge is 2.59. The van der Waals surface area contributed by atoms with Crippen molar-refractivity contribution in [3.05, 3.63) is 11.7 Å². The van der Waals surface area contributed by atoms with E-state index in [1.807, 2.05) is 13.8 Å². The second-order valence-corrected chi connectivity index (χ2v) is 7.39. The van der Waals surface area contributed by atoms with Crippen LogP contribution in [-0.4, -0.2) is 41.5 Å². The average Bonchev–Trinajstić information content (AvgIpc) is 3.13. The highest BCUT2D eigenvalue weighted by Crippen LogP contribution is 2.51. The van der Waals surface area contributed by atoms with E-state index in [0.717, 1.165) is 13.0 Å². The summed E-state index contributed by atoms with van der Waals surface area (Å²) in [7, 11) is 0. The molecule has 1 saturated carbocycles. The summed E-state index contributed by atoms with van der Waals surface area (Å²) < 4.78 is 10.9. The Morgan fingerprint density at radius 1 is 1.43 bits per heavy atom. The molecule has 1 saturated heterocycles. The number of fused-ring (bicyclic) bond motifs is 1. The maximum absolute atomic E-state index is 12.1. The van der Waals surface area contributed by atoms with Gasteiger partial charge in [0.25, 0.3) is 0 Å². The van der Waals surface area contributed by atoms with Gasteiger partial charge in [-0.2, -0.15) is 4.98 Å². The van der Waals surface area contributed by atoms with Gasteiger partial charge in [-0.05, 0) is 6.42 Å². The molecule has 1 aromatic rings. The predicted octanol–water partition coefficient (Wildman–Crippen LogP) is 1.85. The van der Waals surface area contributed by atoms with Gasteiger partial charge in [0.2, 0.25) is 5.89 Å². The van der Waals surface area contributed by atoms with Gasteiger partial charge in [0.05, 0.1) is 6.10 Å². The van der Waals surface area contributed by atoms with Crippen LogP contribution in [-0.2, 0) is 11.2 Å². The Bertz CT molecular complexity index is 569. The van der Waals surface area contributed by atoms with Gasteiger partial charge in [-0.3, -0.25) is 0 Å². The van der Waals surface area contributed by atoms with Crippen molar-refractivity contribution in [1.29, 1.82) is 0 Å². The molecule has 2 fully saturated rings. The van der Waals surface area contributed by atoms with Crippen LogP contribution in [0.1, 0.15) is 51.7 Å². The SMILES string of the molecule is CC(C)c1noc(CCNC(=O)NC2C3CCOC3C2(C)C)n1. The molecule has 0 radical (unpaired) electrons. The molecular formula is C16H26N4O3. The van der Waals surface area contributed by atoms with Crippen LogP contribution in [0, 0.1) is 11.3 Å². The van der Waals surface area contributed by atoms with Crippen molar-refractivity contribution in [2.45, 2.75) is 58.6 Å². The molecular weight excluding hydrogens is 296 g/mol. The zero-order valence-electron chi connectivity index (χ0n) is 14.3. The summed E-state index contributed by atoms with van der Waals surface area (Å²) in [6.45, 7) is 9.60. The largest absolute Gasteiger partial charge is 0.377 e. The van der Waals surface area contributed by atoms with E-state index < -0.39 is 0 Å². The summed E-state index contributed by atoms with van der Waals surface area (Å²) in [5.74, 6) is 1.95. The number of hydrogen-bond donors (Lipinski definition) is 2. The van der Waals surface area contributed by atoms with Crippen LogP contribution in [0.2, 0.25) is 0 Å². The maximum atomic E-state index is 12.1. The predicted molar refractivity (Wildman–Crippen MR) is 84.0 cm³/mol. The summed E-state index contributed by atoms with van der Waals surface area (Å²) in [5, 5.41) is 9.87. The van der Waals surface area contributed by atoms with E-state index in [1.165, 1.54) is 0 Å². The highest BCUT2D eigenvalue weighted by atomic mass is 16.5. The monoisotopic (exact) mass is 322 g/mol. The molecule has 3 unspecified atom stereocenters. The Balaban J connectivity index is 1.43. The van der Waals surface area contributed by atoms with Gasteiger partial charge >= 0.3 is 6.03 Å². The van der Waals surface area contributed by atoms with E-state index in [1.54, 1.807) is 0 Å². The summed E-state index contributed by atoms with van der Waals surface area (Å²) >= 11 is 0. The Morgan fingerprint density at radius 3 is 2.91 bits per heavy atom. The minimum Gasteiger partial charge on any atom is -0.377 e. The molecule has 7 heteroatoms. The first-order valence-corrected chi connectivity index (χ1v) is 8.38. The van der Waals surface area contributed by atoms with Gasteiger partial charge < -0.3 is 19.9 Å². The third-order valence-corrected chi connectivity index (χ3v) is 5.01. The van der Waals surface area contributed by atoms with Crippen LogP contribution in [0.25, 0.3) is 0 Å². The minimum atomic E-state index is -0.142. The fourth-order valence-electron chi connectivity index (χ4n) is 3.70. The number of urea groups is 1. The van der Waals surface area contributed by atoms with Gasteiger partial charge in [0.15, 0.2) is 5.82 Å². The lowest BCUT2D eigenvalue weighted by Crippen LogP contribution is -2.67. The molecule has 7 nitrogen and oxygen atoms in total. The smallest absolute Gasteiger partial charge is 0.315 e. The van der Waals surface area contributed by atoms with Crippen LogP contribution in [0.15, 0.2) is 4.52 Å². The fraction of sp³-hybridized carbons (Fsp3) is 0.812. The normalized spacial score (nSPS) is 28.3. The molecule has 1 aliphatic heterocycles. The molecule has 0 bridgehead atoms. The third kappa shape index (κ3) is 3.06. The number of carbonyl (C=O) groups excluding carboxylic acids is 1. The number of carbonyl (C=O) groups is 1. The Labute approximate surface area is 136 Å². The second kappa shape index (κ2) is 6.11. The molecule has 0 spiro atoms. The first kappa shape index (κ1) is 16.2. The third-order valence-electron chi connectivity index (χ3n) is 5.01. The van der Waals surface area contributed by atoms with Crippen molar-refractivity contribution in [2.75, 3.05) is 13.2 Å². The van der Waals surface area contributed by atoms with Gasteiger partial charge in [-0.25, -0.2) is 4.79 Å². The van der Waals surface area contributed by atoms with Gasteiger partial charge in [0.1, 0.15) is 0 Å². The summed E-state index contributed by atoms with van der Waals surface area (Å²) in [5.41, 5.74) is -0.00282. The first-order chi connectivity index (χ1) is 10.9. The van der Waals surface area contributed by atoms with Crippen LogP contribution in [0.4, 0.5) is 4.79 Å². The maximum Gasteiger partial charge on any atom is 0.315 e. The molecule has 128 valence electrons. The van der Waals surface area contributed by atoms with Crippen molar-refractivity contribution in [3.63, 3.8) is 0 Å². The summed E-state index contributed by atoms with van der Waals surface area (Å²) in [4.78, 5) is 16.4. The van der Waals surface area contributed by atoms with E-state index in [2.05, 4.69) is 34.6 Å². The van der Waals surface area contributed by atoms with Gasteiger partial charge in [-0.1, -0.05) is 32.9 Å². The Hall–Kier alpha value is -1.63. The van der Waals surface area contributed by atoms with Gasteiger partial charge in [0, 0.05) is 42.9 Å². The minimum absolute atomic E-state index is 0.00282. The quantitative estimate of drug-likeness (QED) is 0.863. The molecule has 3 rings (SSSR count). The van der Waals surface area contributed by atoms with Crippen LogP contribution < -0.4 is 10.6 Å². The van der Waals surface area contributed by atoms with Crippen molar-refractivity contribution < 1.29 is 14.1 Å². The standard InChI is InChI=1S/C16H26N4O3/c1-9(2)14-18-11(23-20-14)5-7-17-15(21)19-12-10-6-8-22-13(10)16(12,3)4/h9-10,12-13H,5-8H2,1-4H3,(H2,17,19,21). The van der Waals surface area contributed by atoms with Crippen molar-refractivity contribution in [1.82, 2.24) is 20.8 Å². The van der Waals surface area contributed by atoms with E-state index in [4.69, 9.17) is 9.26 Å². The van der Waals surface area contributed by atoms with Crippen molar-refractivity contribution >= 4 is 6.03 Å². The second-order valence-electron chi connectivity index (χ2n) is 7.39. The van der Waals surface area contributed by atoms with Crippen LogP contribution in [0.3, 0.4) is 0 Å². The number of rotatable bonds is 5. The zero-order chi connectivity index (χ0) is 16.6. The zero-order valence-corrected chi connectivity index (χ0v) is 14.3. The van der Waals surface area contributed by atoms with E-state index >= 15 is 0 Å². The Kier molecular flexibility index (Phi) is 4.31. The Morgan fingerprint density at radius 2 is 2.22 bits per heavy atom. The molecule has 1 aliphatic carbocycles. The molecule has 23 heavy (non-hydrogen) atoms. The fourth-order valence-corrected chi connectivity index (χ4v) is 3.70. The van der Waals surface area contributed by atoms with Crippen molar-refractivity contribution in [2.24, 2.45) is 11.3 Å². The summed E-state index contributed by atoms with van der Waals surface area (Å²) in [6.07, 6.45) is 1.84. The highest BCUT2D eigenvalue weighted by molar-refractivity contribution is 5.74. The molecule has 0 aromatic carbocycles. The first-order valence-electron chi connectivity index (χ1n) is 8.38. The van der Waals surface area contributed by atoms with Crippen molar-refractivity contribution in [3.8, 4) is 0 Å². The number of amides is 2. The molecule has 1 aromatic heterocycles. The van der Waals surface area contributed by atoms with E-state index in [9.17, 15) is 4.79 Å². The van der Waals surface area contributed by atoms with E-state index in [0.29, 0.717) is 30.6 Å². The summed E-state index contributed by atoms with van der Waals surface area (Å²) in [6, 6.07) is 0.0305. The number of aromatic nitrogens is 2. The van der Waals surface area contributed by atoms with Crippen LogP contribution >= 0.6 is 0 Å². The molecule has 2 heterocycles. The topological polar surface area (TPSA) is 89.3 Å². The molecule has 3 atom stereocenters. The lowest BCUT2D eigenvalue weighted by atomic mass is 9.57. The number of hydrogen-bond acceptors (Lipinski definition) is 5. The lowest BCUT2D eigenvalue weighted by Gasteiger charge is -2.54. The number of nitrogens with one attached hydrogen (secondary N) is 2. The van der Waals surface area contributed by atoms with Crippen LogP contribution in [0.5, 0.6) is 0 Å². The van der Waals surface area contributed by atoms with Gasteiger partial charge in [-0.15, -0.1) is 0 Å². The molecule has 2 N–H and O–H groups in total. The average molecular weight is 322 g/mol. The number of nitrogens with zero attached hydrogens (tertiary/aromatic N) is 2. The lowest BCUT2D eigenvalue weighted by molar-refractivity contribution is -0.108.